The van der Waals surface area contributed by atoms with Gasteiger partial charge in [-0.25, -0.2) is 9.99 Å². The molecule has 4 rings (SSSR count). The molecule has 2 amide bonds. The maximum Gasteiger partial charge on any atom is 0.280 e. The quantitative estimate of drug-likeness (QED) is 0.570. The molecule has 1 saturated heterocycles. The zero-order chi connectivity index (χ0) is 21.1. The number of carbonyl (C=O) groups excluding carboxylic acids is 2. The molecule has 2 heterocycles. The van der Waals surface area contributed by atoms with Crippen molar-refractivity contribution in [3.8, 4) is 0 Å². The number of halogens is 2. The molecule has 1 unspecified atom stereocenters. The van der Waals surface area contributed by atoms with Crippen LogP contribution >= 0.6 is 35.0 Å². The lowest BCUT2D eigenvalue weighted by atomic mass is 10.2. The largest absolute Gasteiger partial charge is 0.328 e. The first-order valence-electron chi connectivity index (χ1n) is 8.99. The number of benzene rings is 2. The zero-order valence-electron chi connectivity index (χ0n) is 15.5. The molecule has 6 nitrogen and oxygen atoms in total. The van der Waals surface area contributed by atoms with E-state index in [2.05, 4.69) is 10.4 Å². The lowest BCUT2D eigenvalue weighted by Gasteiger charge is -2.24. The van der Waals surface area contributed by atoms with Crippen LogP contribution in [0.25, 0.3) is 6.08 Å². The highest BCUT2D eigenvalue weighted by atomic mass is 35.5. The molecule has 3 aromatic rings. The Morgan fingerprint density at radius 3 is 2.57 bits per heavy atom. The highest BCUT2D eigenvalue weighted by Gasteiger charge is 2.39. The van der Waals surface area contributed by atoms with Crippen LogP contribution in [0.3, 0.4) is 0 Å². The molecule has 0 spiro atoms. The number of rotatable bonds is 5. The van der Waals surface area contributed by atoms with E-state index >= 15 is 0 Å². The second-order valence-corrected chi connectivity index (χ2v) is 8.40. The van der Waals surface area contributed by atoms with Crippen LogP contribution in [0.15, 0.2) is 72.2 Å². The number of hydrogen-bond acceptors (Lipinski definition) is 4. The van der Waals surface area contributed by atoms with Crippen LogP contribution in [0, 0.1) is 0 Å². The number of thioether (sulfide) groups is 1. The third kappa shape index (κ3) is 4.38. The maximum absolute atomic E-state index is 13.2. The van der Waals surface area contributed by atoms with Crippen LogP contribution in [0.1, 0.15) is 16.5 Å². The van der Waals surface area contributed by atoms with Gasteiger partial charge in [-0.3, -0.25) is 15.0 Å². The van der Waals surface area contributed by atoms with E-state index in [9.17, 15) is 9.59 Å². The summed E-state index contributed by atoms with van der Waals surface area (Å²) in [4.78, 5) is 30.1. The SMILES string of the molecule is O=C(Cn1ccnc1)NN1C(=O)/C(=C/c2ccccc2Cl)SC1c1ccccc1Cl. The summed E-state index contributed by atoms with van der Waals surface area (Å²) in [5.74, 6) is -0.679. The first kappa shape index (κ1) is 20.5. The average Bonchev–Trinajstić information content (AvgIpc) is 3.34. The monoisotopic (exact) mass is 458 g/mol. The van der Waals surface area contributed by atoms with E-state index < -0.39 is 5.37 Å². The first-order valence-corrected chi connectivity index (χ1v) is 10.6. The molecule has 2 aromatic carbocycles. The fraction of sp³-hybridized carbons (Fsp3) is 0.0952. The molecular formula is C21H16Cl2N4O2S. The molecule has 1 N–H and O–H groups in total. The molecule has 1 aliphatic rings. The van der Waals surface area contributed by atoms with Gasteiger partial charge in [-0.2, -0.15) is 0 Å². The number of hydrogen-bond donors (Lipinski definition) is 1. The van der Waals surface area contributed by atoms with Crippen LogP contribution < -0.4 is 5.43 Å². The van der Waals surface area contributed by atoms with E-state index in [0.29, 0.717) is 15.0 Å². The molecule has 1 aromatic heterocycles. The van der Waals surface area contributed by atoms with E-state index in [-0.39, 0.29) is 18.4 Å². The lowest BCUT2D eigenvalue weighted by molar-refractivity contribution is -0.138. The van der Waals surface area contributed by atoms with Crippen molar-refractivity contribution in [2.75, 3.05) is 0 Å². The van der Waals surface area contributed by atoms with Gasteiger partial charge in [0.05, 0.1) is 11.2 Å². The minimum Gasteiger partial charge on any atom is -0.328 e. The molecule has 30 heavy (non-hydrogen) atoms. The molecule has 1 fully saturated rings. The van der Waals surface area contributed by atoms with Gasteiger partial charge in [-0.05, 0) is 23.8 Å². The highest BCUT2D eigenvalue weighted by Crippen LogP contribution is 2.47. The summed E-state index contributed by atoms with van der Waals surface area (Å²) in [5, 5.41) is 1.85. The van der Waals surface area contributed by atoms with Crippen molar-refractivity contribution in [3.63, 3.8) is 0 Å². The second kappa shape index (κ2) is 8.95. The maximum atomic E-state index is 13.2. The van der Waals surface area contributed by atoms with E-state index in [1.807, 2.05) is 36.4 Å². The van der Waals surface area contributed by atoms with Crippen LogP contribution in [0.2, 0.25) is 10.0 Å². The molecule has 9 heteroatoms. The minimum atomic E-state index is -0.508. The summed E-state index contributed by atoms with van der Waals surface area (Å²) in [6, 6.07) is 14.5. The number of amides is 2. The summed E-state index contributed by atoms with van der Waals surface area (Å²) in [7, 11) is 0. The van der Waals surface area contributed by atoms with Gasteiger partial charge < -0.3 is 4.57 Å². The summed E-state index contributed by atoms with van der Waals surface area (Å²) in [6.45, 7) is 0.0350. The van der Waals surface area contributed by atoms with E-state index in [0.717, 1.165) is 11.1 Å². The molecule has 1 atom stereocenters. The standard InChI is InChI=1S/C21H16Cl2N4O2S/c22-16-7-3-1-5-14(16)11-18-20(29)27(25-19(28)12-26-10-9-24-13-26)21(30-18)15-6-2-4-8-17(15)23/h1-11,13,21H,12H2,(H,25,28)/b18-11-. The van der Waals surface area contributed by atoms with Crippen LogP contribution in [-0.2, 0) is 16.1 Å². The third-order valence-electron chi connectivity index (χ3n) is 4.40. The number of imidazole rings is 1. The van der Waals surface area contributed by atoms with Crippen molar-refractivity contribution in [2.45, 2.75) is 11.9 Å². The van der Waals surface area contributed by atoms with Crippen molar-refractivity contribution in [1.82, 2.24) is 20.0 Å². The molecule has 152 valence electrons. The van der Waals surface area contributed by atoms with E-state index in [4.69, 9.17) is 23.2 Å². The Bertz CT molecular complexity index is 1120. The average molecular weight is 459 g/mol. The van der Waals surface area contributed by atoms with Gasteiger partial charge in [0.25, 0.3) is 11.8 Å². The molecule has 0 aliphatic carbocycles. The van der Waals surface area contributed by atoms with Gasteiger partial charge in [0.15, 0.2) is 0 Å². The second-order valence-electron chi connectivity index (χ2n) is 6.47. The predicted octanol–water partition coefficient (Wildman–Crippen LogP) is 4.54. The zero-order valence-corrected chi connectivity index (χ0v) is 17.9. The number of hydrazine groups is 1. The van der Waals surface area contributed by atoms with Crippen molar-refractivity contribution in [3.05, 3.63) is 93.3 Å². The Morgan fingerprint density at radius 1 is 1.13 bits per heavy atom. The molecular weight excluding hydrogens is 443 g/mol. The van der Waals surface area contributed by atoms with Gasteiger partial charge in [-0.1, -0.05) is 71.4 Å². The number of nitrogens with one attached hydrogen (secondary N) is 1. The Morgan fingerprint density at radius 2 is 1.87 bits per heavy atom. The highest BCUT2D eigenvalue weighted by molar-refractivity contribution is 8.04. The summed E-state index contributed by atoms with van der Waals surface area (Å²) in [6.07, 6.45) is 6.52. The fourth-order valence-corrected chi connectivity index (χ4v) is 4.70. The topological polar surface area (TPSA) is 67.2 Å². The van der Waals surface area contributed by atoms with E-state index in [1.54, 1.807) is 35.2 Å². The van der Waals surface area contributed by atoms with Gasteiger partial charge in [0, 0.05) is 28.0 Å². The third-order valence-corrected chi connectivity index (χ3v) is 6.32. The lowest BCUT2D eigenvalue weighted by Crippen LogP contribution is -2.45. The normalized spacial score (nSPS) is 17.5. The summed E-state index contributed by atoms with van der Waals surface area (Å²) < 4.78 is 1.62. The Kier molecular flexibility index (Phi) is 6.13. The van der Waals surface area contributed by atoms with Gasteiger partial charge >= 0.3 is 0 Å². The molecule has 1 aliphatic heterocycles. The Labute approximate surface area is 187 Å². The van der Waals surface area contributed by atoms with Crippen molar-refractivity contribution >= 4 is 52.9 Å². The summed E-state index contributed by atoms with van der Waals surface area (Å²) >= 11 is 13.9. The molecule has 0 bridgehead atoms. The summed E-state index contributed by atoms with van der Waals surface area (Å²) in [5.41, 5.74) is 4.16. The van der Waals surface area contributed by atoms with Crippen LogP contribution in [0.5, 0.6) is 0 Å². The fourth-order valence-electron chi connectivity index (χ4n) is 2.98. The van der Waals surface area contributed by atoms with Gasteiger partial charge in [-0.15, -0.1) is 0 Å². The molecule has 0 radical (unpaired) electrons. The number of carbonyl (C=O) groups is 2. The molecule has 0 saturated carbocycles. The van der Waals surface area contributed by atoms with Gasteiger partial charge in [0.1, 0.15) is 11.9 Å². The Balaban J connectivity index is 1.65. The van der Waals surface area contributed by atoms with E-state index in [1.165, 1.54) is 23.1 Å². The minimum absolute atomic E-state index is 0.0350. The van der Waals surface area contributed by atoms with Crippen LogP contribution in [-0.4, -0.2) is 26.4 Å². The van der Waals surface area contributed by atoms with Crippen LogP contribution in [0.4, 0.5) is 0 Å². The van der Waals surface area contributed by atoms with Crippen molar-refractivity contribution in [1.29, 1.82) is 0 Å². The Hall–Kier alpha value is -2.74. The smallest absolute Gasteiger partial charge is 0.280 e. The predicted molar refractivity (Wildman–Crippen MR) is 118 cm³/mol. The van der Waals surface area contributed by atoms with Crippen molar-refractivity contribution < 1.29 is 9.59 Å². The van der Waals surface area contributed by atoms with Crippen molar-refractivity contribution in [2.24, 2.45) is 0 Å². The number of aromatic nitrogens is 2. The number of nitrogens with zero attached hydrogens (tertiary/aromatic N) is 3. The first-order chi connectivity index (χ1) is 14.5. The van der Waals surface area contributed by atoms with Gasteiger partial charge in [0.2, 0.25) is 0 Å².